The van der Waals surface area contributed by atoms with E-state index in [-0.39, 0.29) is 28.4 Å². The van der Waals surface area contributed by atoms with Crippen LogP contribution in [0.1, 0.15) is 11.1 Å². The highest BCUT2D eigenvalue weighted by Gasteiger charge is 2.33. The molecule has 1 aromatic heterocycles. The van der Waals surface area contributed by atoms with Gasteiger partial charge in [0, 0.05) is 5.56 Å². The van der Waals surface area contributed by atoms with Gasteiger partial charge in [-0.15, -0.1) is 0 Å². The van der Waals surface area contributed by atoms with E-state index in [0.29, 0.717) is 0 Å². The van der Waals surface area contributed by atoms with Gasteiger partial charge in [-0.05, 0) is 23.8 Å². The van der Waals surface area contributed by atoms with E-state index in [4.69, 9.17) is 16.7 Å². The SMILES string of the molecule is O=C(O)Cc1cc(Cl)nc(-c2ccccc2C(F)(F)F)c1. The lowest BCUT2D eigenvalue weighted by molar-refractivity contribution is -0.137. The summed E-state index contributed by atoms with van der Waals surface area (Å²) in [5, 5.41) is 8.70. The van der Waals surface area contributed by atoms with Crippen LogP contribution in [0.2, 0.25) is 5.15 Å². The smallest absolute Gasteiger partial charge is 0.417 e. The predicted octanol–water partition coefficient (Wildman–Crippen LogP) is 4.05. The Hall–Kier alpha value is -2.08. The topological polar surface area (TPSA) is 50.2 Å². The lowest BCUT2D eigenvalue weighted by Crippen LogP contribution is -2.08. The summed E-state index contributed by atoms with van der Waals surface area (Å²) in [6, 6.07) is 7.54. The van der Waals surface area contributed by atoms with E-state index in [1.54, 1.807) is 0 Å². The van der Waals surface area contributed by atoms with E-state index < -0.39 is 17.7 Å². The van der Waals surface area contributed by atoms with Crippen molar-refractivity contribution in [2.45, 2.75) is 12.6 Å². The molecule has 0 radical (unpaired) electrons. The first-order valence-corrected chi connectivity index (χ1v) is 6.20. The average molecular weight is 316 g/mol. The summed E-state index contributed by atoms with van der Waals surface area (Å²) < 4.78 is 39.0. The molecule has 2 aromatic rings. The first kappa shape index (κ1) is 15.3. The van der Waals surface area contributed by atoms with Crippen LogP contribution in [0.15, 0.2) is 36.4 Å². The van der Waals surface area contributed by atoms with Gasteiger partial charge < -0.3 is 5.11 Å². The number of alkyl halides is 3. The van der Waals surface area contributed by atoms with Crippen LogP contribution in [-0.2, 0) is 17.4 Å². The van der Waals surface area contributed by atoms with Gasteiger partial charge in [0.2, 0.25) is 0 Å². The van der Waals surface area contributed by atoms with Crippen molar-refractivity contribution in [1.82, 2.24) is 4.98 Å². The molecule has 0 atom stereocenters. The number of carboxylic acid groups (broad SMARTS) is 1. The molecule has 0 spiro atoms. The number of carboxylic acids is 1. The molecular weight excluding hydrogens is 307 g/mol. The Balaban J connectivity index is 2.57. The second-order valence-electron chi connectivity index (χ2n) is 4.30. The maximum Gasteiger partial charge on any atom is 0.417 e. The molecule has 110 valence electrons. The predicted molar refractivity (Wildman–Crippen MR) is 71.0 cm³/mol. The van der Waals surface area contributed by atoms with Crippen molar-refractivity contribution in [3.05, 3.63) is 52.7 Å². The molecule has 0 unspecified atom stereocenters. The molecule has 0 aliphatic heterocycles. The minimum absolute atomic E-state index is 0.00771. The third-order valence-corrected chi connectivity index (χ3v) is 2.91. The van der Waals surface area contributed by atoms with Gasteiger partial charge >= 0.3 is 12.1 Å². The van der Waals surface area contributed by atoms with Crippen LogP contribution in [0.5, 0.6) is 0 Å². The quantitative estimate of drug-likeness (QED) is 0.869. The van der Waals surface area contributed by atoms with Gasteiger partial charge in [-0.2, -0.15) is 13.2 Å². The highest BCUT2D eigenvalue weighted by Crippen LogP contribution is 2.36. The second-order valence-corrected chi connectivity index (χ2v) is 4.68. The molecule has 3 nitrogen and oxygen atoms in total. The third-order valence-electron chi connectivity index (χ3n) is 2.72. The number of aliphatic carboxylic acids is 1. The normalized spacial score (nSPS) is 11.4. The van der Waals surface area contributed by atoms with E-state index in [1.807, 2.05) is 0 Å². The first-order valence-electron chi connectivity index (χ1n) is 5.82. The standard InChI is InChI=1S/C14H9ClF3NO2/c15-12-6-8(7-13(20)21)5-11(19-12)9-3-1-2-4-10(9)14(16,17)18/h1-6H,7H2,(H,20,21). The number of pyridine rings is 1. The van der Waals surface area contributed by atoms with E-state index in [2.05, 4.69) is 4.98 Å². The maximum absolute atomic E-state index is 13.0. The van der Waals surface area contributed by atoms with Crippen LogP contribution in [0.25, 0.3) is 11.3 Å². The van der Waals surface area contributed by atoms with Crippen molar-refractivity contribution in [3.8, 4) is 11.3 Å². The van der Waals surface area contributed by atoms with E-state index in [9.17, 15) is 18.0 Å². The van der Waals surface area contributed by atoms with E-state index in [1.165, 1.54) is 30.3 Å². The summed E-state index contributed by atoms with van der Waals surface area (Å²) >= 11 is 5.76. The molecule has 1 heterocycles. The summed E-state index contributed by atoms with van der Waals surface area (Å²) in [5.74, 6) is -1.10. The summed E-state index contributed by atoms with van der Waals surface area (Å²) in [6.07, 6.45) is -4.88. The Morgan fingerprint density at radius 2 is 1.90 bits per heavy atom. The number of aromatic nitrogens is 1. The van der Waals surface area contributed by atoms with Crippen molar-refractivity contribution < 1.29 is 23.1 Å². The van der Waals surface area contributed by atoms with E-state index >= 15 is 0 Å². The molecule has 0 aliphatic carbocycles. The summed E-state index contributed by atoms with van der Waals surface area (Å²) in [6.45, 7) is 0. The lowest BCUT2D eigenvalue weighted by Gasteiger charge is -2.13. The highest BCUT2D eigenvalue weighted by atomic mass is 35.5. The Bertz CT molecular complexity index is 686. The molecule has 0 fully saturated rings. The summed E-state index contributed by atoms with van der Waals surface area (Å²) in [5.41, 5.74) is -0.707. The van der Waals surface area contributed by atoms with Gasteiger partial charge in [0.1, 0.15) is 5.15 Å². The molecule has 1 aromatic carbocycles. The monoisotopic (exact) mass is 315 g/mol. The molecule has 21 heavy (non-hydrogen) atoms. The van der Waals surface area contributed by atoms with Crippen LogP contribution in [0.3, 0.4) is 0 Å². The van der Waals surface area contributed by atoms with E-state index in [0.717, 1.165) is 6.07 Å². The van der Waals surface area contributed by atoms with Crippen LogP contribution in [0.4, 0.5) is 13.2 Å². The molecule has 1 N–H and O–H groups in total. The van der Waals surface area contributed by atoms with Crippen molar-refractivity contribution in [3.63, 3.8) is 0 Å². The van der Waals surface area contributed by atoms with Crippen LogP contribution in [-0.4, -0.2) is 16.1 Å². The lowest BCUT2D eigenvalue weighted by atomic mass is 10.0. The molecule has 0 saturated carbocycles. The van der Waals surface area contributed by atoms with Crippen LogP contribution in [0, 0.1) is 0 Å². The van der Waals surface area contributed by atoms with Gasteiger partial charge in [-0.3, -0.25) is 4.79 Å². The fourth-order valence-corrected chi connectivity index (χ4v) is 2.15. The van der Waals surface area contributed by atoms with Gasteiger partial charge in [0.15, 0.2) is 0 Å². The van der Waals surface area contributed by atoms with Crippen molar-refractivity contribution in [1.29, 1.82) is 0 Å². The zero-order chi connectivity index (χ0) is 15.6. The number of benzene rings is 1. The summed E-state index contributed by atoms with van der Waals surface area (Å²) in [4.78, 5) is 14.6. The number of halogens is 4. The first-order chi connectivity index (χ1) is 9.77. The van der Waals surface area contributed by atoms with Gasteiger partial charge in [-0.1, -0.05) is 29.8 Å². The second kappa shape index (κ2) is 5.73. The molecule has 0 saturated heterocycles. The molecule has 0 aliphatic rings. The fraction of sp³-hybridized carbons (Fsp3) is 0.143. The average Bonchev–Trinajstić information content (AvgIpc) is 2.36. The largest absolute Gasteiger partial charge is 0.481 e. The molecular formula is C14H9ClF3NO2. The minimum atomic E-state index is -4.53. The Morgan fingerprint density at radius 3 is 2.52 bits per heavy atom. The van der Waals surface area contributed by atoms with Crippen molar-refractivity contribution >= 4 is 17.6 Å². The molecule has 7 heteroatoms. The maximum atomic E-state index is 13.0. The third kappa shape index (κ3) is 3.72. The van der Waals surface area contributed by atoms with Gasteiger partial charge in [0.25, 0.3) is 0 Å². The van der Waals surface area contributed by atoms with Crippen LogP contribution >= 0.6 is 11.6 Å². The molecule has 0 bridgehead atoms. The Kier molecular flexibility index (Phi) is 4.18. The minimum Gasteiger partial charge on any atom is -0.481 e. The number of hydrogen-bond donors (Lipinski definition) is 1. The van der Waals surface area contributed by atoms with Gasteiger partial charge in [0.05, 0.1) is 17.7 Å². The van der Waals surface area contributed by atoms with Crippen molar-refractivity contribution in [2.75, 3.05) is 0 Å². The molecule has 2 rings (SSSR count). The zero-order valence-corrected chi connectivity index (χ0v) is 11.2. The Morgan fingerprint density at radius 1 is 1.24 bits per heavy atom. The highest BCUT2D eigenvalue weighted by molar-refractivity contribution is 6.29. The number of nitrogens with zero attached hydrogens (tertiary/aromatic N) is 1. The van der Waals surface area contributed by atoms with Crippen molar-refractivity contribution in [2.24, 2.45) is 0 Å². The number of rotatable bonds is 3. The Labute approximate surface area is 123 Å². The number of hydrogen-bond acceptors (Lipinski definition) is 2. The molecule has 0 amide bonds. The van der Waals surface area contributed by atoms with Crippen LogP contribution < -0.4 is 0 Å². The fourth-order valence-electron chi connectivity index (χ4n) is 1.92. The van der Waals surface area contributed by atoms with Gasteiger partial charge in [-0.25, -0.2) is 4.98 Å². The zero-order valence-electron chi connectivity index (χ0n) is 10.5. The number of carbonyl (C=O) groups is 1. The summed E-state index contributed by atoms with van der Waals surface area (Å²) in [7, 11) is 0.